The lowest BCUT2D eigenvalue weighted by molar-refractivity contribution is -0.131. The van der Waals surface area contributed by atoms with E-state index in [0.717, 1.165) is 24.8 Å². The van der Waals surface area contributed by atoms with Gasteiger partial charge in [0.15, 0.2) is 5.76 Å². The molecule has 0 unspecified atom stereocenters. The van der Waals surface area contributed by atoms with Crippen molar-refractivity contribution in [1.29, 1.82) is 0 Å². The van der Waals surface area contributed by atoms with Crippen molar-refractivity contribution in [2.45, 2.75) is 38.3 Å². The minimum absolute atomic E-state index is 0.0645. The Morgan fingerprint density at radius 1 is 1.29 bits per heavy atom. The Balaban J connectivity index is 1.74. The highest BCUT2D eigenvalue weighted by molar-refractivity contribution is 7.12. The van der Waals surface area contributed by atoms with E-state index in [2.05, 4.69) is 6.92 Å². The van der Waals surface area contributed by atoms with Gasteiger partial charge in [0.1, 0.15) is 0 Å². The summed E-state index contributed by atoms with van der Waals surface area (Å²) in [6.07, 6.45) is 2.68. The first-order valence-electron chi connectivity index (χ1n) is 9.63. The molecule has 146 valence electrons. The Hall–Kier alpha value is -2.44. The molecule has 1 N–H and O–H groups in total. The Bertz CT molecular complexity index is 895. The molecular formula is C22H23NO4S. The lowest BCUT2D eigenvalue weighted by Crippen LogP contribution is -2.37. The maximum Gasteiger partial charge on any atom is 0.290 e. The van der Waals surface area contributed by atoms with Crippen LogP contribution >= 0.6 is 11.3 Å². The van der Waals surface area contributed by atoms with Crippen molar-refractivity contribution in [2.75, 3.05) is 13.2 Å². The zero-order valence-electron chi connectivity index (χ0n) is 15.8. The summed E-state index contributed by atoms with van der Waals surface area (Å²) < 4.78 is 5.71. The molecule has 1 fully saturated rings. The summed E-state index contributed by atoms with van der Waals surface area (Å²) in [7, 11) is 0. The van der Waals surface area contributed by atoms with E-state index in [9.17, 15) is 14.7 Å². The van der Waals surface area contributed by atoms with E-state index in [-0.39, 0.29) is 17.5 Å². The van der Waals surface area contributed by atoms with Crippen molar-refractivity contribution in [1.82, 2.24) is 4.90 Å². The predicted molar refractivity (Wildman–Crippen MR) is 108 cm³/mol. The van der Waals surface area contributed by atoms with Crippen molar-refractivity contribution in [3.05, 3.63) is 69.1 Å². The number of aliphatic hydroxyl groups excluding tert-OH is 1. The summed E-state index contributed by atoms with van der Waals surface area (Å²) in [5, 5.41) is 12.5. The van der Waals surface area contributed by atoms with Crippen LogP contribution in [0.15, 0.2) is 53.1 Å². The van der Waals surface area contributed by atoms with E-state index in [1.807, 2.05) is 29.6 Å². The van der Waals surface area contributed by atoms with Crippen molar-refractivity contribution < 1.29 is 19.4 Å². The number of carbonyl (C=O) groups is 2. The molecule has 1 aromatic carbocycles. The second-order valence-corrected chi connectivity index (χ2v) is 8.11. The number of aryl methyl sites for hydroxylation is 1. The summed E-state index contributed by atoms with van der Waals surface area (Å²) >= 11 is 1.31. The van der Waals surface area contributed by atoms with Crippen LogP contribution in [0.4, 0.5) is 0 Å². The van der Waals surface area contributed by atoms with Crippen LogP contribution in [0, 0.1) is 0 Å². The summed E-state index contributed by atoms with van der Waals surface area (Å²) in [6.45, 7) is 3.13. The molecule has 2 atom stereocenters. The van der Waals surface area contributed by atoms with Crippen LogP contribution in [0.2, 0.25) is 0 Å². The summed E-state index contributed by atoms with van der Waals surface area (Å²) in [4.78, 5) is 28.1. The molecule has 0 bridgehead atoms. The molecule has 0 aliphatic carbocycles. The fourth-order valence-electron chi connectivity index (χ4n) is 3.90. The molecule has 2 aliphatic rings. The molecule has 0 spiro atoms. The lowest BCUT2D eigenvalue weighted by Gasteiger charge is -2.29. The Morgan fingerprint density at radius 2 is 2.07 bits per heavy atom. The third-order valence-electron chi connectivity index (χ3n) is 5.42. The number of nitrogens with zero attached hydrogens (tertiary/aromatic N) is 1. The van der Waals surface area contributed by atoms with Gasteiger partial charge in [0.25, 0.3) is 5.91 Å². The van der Waals surface area contributed by atoms with E-state index >= 15 is 0 Å². The molecule has 0 saturated carbocycles. The maximum atomic E-state index is 13.1. The van der Waals surface area contributed by atoms with Gasteiger partial charge in [0.2, 0.25) is 5.78 Å². The lowest BCUT2D eigenvalue weighted by atomic mass is 9.94. The van der Waals surface area contributed by atoms with E-state index in [4.69, 9.17) is 4.74 Å². The second kappa shape index (κ2) is 7.89. The molecule has 4 rings (SSSR count). The number of hydrogen-bond acceptors (Lipinski definition) is 5. The number of amides is 1. The first kappa shape index (κ1) is 18.9. The zero-order chi connectivity index (χ0) is 19.7. The molecule has 1 aromatic heterocycles. The fraction of sp³-hybridized carbons (Fsp3) is 0.364. The smallest absolute Gasteiger partial charge is 0.290 e. The minimum atomic E-state index is -0.600. The van der Waals surface area contributed by atoms with Crippen molar-refractivity contribution in [3.63, 3.8) is 0 Å². The zero-order valence-corrected chi connectivity index (χ0v) is 16.6. The first-order valence-corrected chi connectivity index (χ1v) is 10.5. The third kappa shape index (κ3) is 3.38. The summed E-state index contributed by atoms with van der Waals surface area (Å²) in [5.74, 6) is -1.24. The molecule has 28 heavy (non-hydrogen) atoms. The number of rotatable bonds is 6. The van der Waals surface area contributed by atoms with Gasteiger partial charge < -0.3 is 14.7 Å². The van der Waals surface area contributed by atoms with Gasteiger partial charge in [-0.3, -0.25) is 9.59 Å². The average molecular weight is 397 g/mol. The summed E-state index contributed by atoms with van der Waals surface area (Å²) in [6, 6.07) is 10.8. The number of carbonyl (C=O) groups excluding carboxylic acids is 2. The minimum Gasteiger partial charge on any atom is -0.503 e. The molecule has 2 aliphatic heterocycles. The van der Waals surface area contributed by atoms with E-state index < -0.39 is 17.7 Å². The first-order chi connectivity index (χ1) is 13.6. The number of ether oxygens (including phenoxy) is 1. The number of aliphatic hydroxyl groups is 1. The van der Waals surface area contributed by atoms with Gasteiger partial charge in [-0.1, -0.05) is 37.3 Å². The Labute approximate surface area is 168 Å². The van der Waals surface area contributed by atoms with Crippen LogP contribution in [-0.2, 0) is 16.0 Å². The quantitative estimate of drug-likeness (QED) is 0.746. The fourth-order valence-corrected chi connectivity index (χ4v) is 4.58. The molecule has 6 heteroatoms. The van der Waals surface area contributed by atoms with Crippen LogP contribution < -0.4 is 0 Å². The second-order valence-electron chi connectivity index (χ2n) is 7.16. The highest BCUT2D eigenvalue weighted by Crippen LogP contribution is 2.40. The van der Waals surface area contributed by atoms with Crippen LogP contribution in [0.5, 0.6) is 0 Å². The van der Waals surface area contributed by atoms with E-state index in [1.54, 1.807) is 17.0 Å². The standard InChI is InChI=1S/C22H23NO4S/c1-2-14-7-9-15(10-8-14)19-18(20(24)17-6-4-12-28-17)21(25)22(26)23(19)13-16-5-3-11-27-16/h4,6-10,12,16,19,25H,2-3,5,11,13H2,1H3/t16-,19-/m0/s1. The van der Waals surface area contributed by atoms with Crippen molar-refractivity contribution >= 4 is 23.0 Å². The monoisotopic (exact) mass is 397 g/mol. The number of thiophene rings is 1. The Kier molecular flexibility index (Phi) is 5.33. The van der Waals surface area contributed by atoms with Crippen molar-refractivity contribution in [2.24, 2.45) is 0 Å². The Morgan fingerprint density at radius 3 is 2.68 bits per heavy atom. The molecule has 5 nitrogen and oxygen atoms in total. The topological polar surface area (TPSA) is 66.8 Å². The molecule has 1 saturated heterocycles. The molecule has 3 heterocycles. The van der Waals surface area contributed by atoms with E-state index in [1.165, 1.54) is 16.9 Å². The summed E-state index contributed by atoms with van der Waals surface area (Å²) in [5.41, 5.74) is 2.17. The van der Waals surface area contributed by atoms with Gasteiger partial charge in [-0.15, -0.1) is 11.3 Å². The highest BCUT2D eigenvalue weighted by Gasteiger charge is 2.44. The number of ketones is 1. The largest absolute Gasteiger partial charge is 0.503 e. The van der Waals surface area contributed by atoms with Gasteiger partial charge >= 0.3 is 0 Å². The normalized spacial score (nSPS) is 22.3. The third-order valence-corrected chi connectivity index (χ3v) is 6.29. The maximum absolute atomic E-state index is 13.1. The molecule has 2 aromatic rings. The molecule has 1 amide bonds. The van der Waals surface area contributed by atoms with Gasteiger partial charge in [-0.25, -0.2) is 0 Å². The molecular weight excluding hydrogens is 374 g/mol. The van der Waals surface area contributed by atoms with Crippen LogP contribution in [0.1, 0.15) is 46.6 Å². The van der Waals surface area contributed by atoms with Crippen LogP contribution in [0.3, 0.4) is 0 Å². The van der Waals surface area contributed by atoms with Crippen LogP contribution in [0.25, 0.3) is 0 Å². The predicted octanol–water partition coefficient (Wildman–Crippen LogP) is 4.07. The van der Waals surface area contributed by atoms with Gasteiger partial charge in [-0.2, -0.15) is 0 Å². The van der Waals surface area contributed by atoms with Crippen LogP contribution in [-0.4, -0.2) is 41.0 Å². The number of hydrogen-bond donors (Lipinski definition) is 1. The SMILES string of the molecule is CCc1ccc([C@H]2C(C(=O)c3cccs3)=C(O)C(=O)N2C[C@@H]2CCCO2)cc1. The average Bonchev–Trinajstić information content (AvgIpc) is 3.46. The van der Waals surface area contributed by atoms with Gasteiger partial charge in [0, 0.05) is 13.2 Å². The van der Waals surface area contributed by atoms with Crippen molar-refractivity contribution in [3.8, 4) is 0 Å². The van der Waals surface area contributed by atoms with Gasteiger partial charge in [0.05, 0.1) is 22.6 Å². The highest BCUT2D eigenvalue weighted by atomic mass is 32.1. The van der Waals surface area contributed by atoms with Gasteiger partial charge in [-0.05, 0) is 41.8 Å². The van der Waals surface area contributed by atoms with E-state index in [0.29, 0.717) is 18.0 Å². The number of Topliss-reactive ketones (excluding diaryl/α,β-unsaturated/α-hetero) is 1. The molecule has 0 radical (unpaired) electrons. The number of benzene rings is 1.